The number of H-pyrrole nitrogens is 1. The maximum atomic E-state index is 12.7. The highest BCUT2D eigenvalue weighted by Crippen LogP contribution is 2.33. The quantitative estimate of drug-likeness (QED) is 0.754. The molecule has 1 atom stereocenters. The summed E-state index contributed by atoms with van der Waals surface area (Å²) in [5.74, 6) is -0.115. The van der Waals surface area contributed by atoms with E-state index in [0.29, 0.717) is 5.56 Å². The van der Waals surface area contributed by atoms with Crippen molar-refractivity contribution in [2.75, 3.05) is 0 Å². The largest absolute Gasteiger partial charge is 0.345 e. The van der Waals surface area contributed by atoms with Gasteiger partial charge in [-0.3, -0.25) is 9.89 Å². The van der Waals surface area contributed by atoms with E-state index >= 15 is 0 Å². The minimum absolute atomic E-state index is 0.0169. The summed E-state index contributed by atoms with van der Waals surface area (Å²) in [6.45, 7) is 0. The molecule has 0 spiro atoms. The molecule has 0 radical (unpaired) electrons. The highest BCUT2D eigenvalue weighted by atomic mass is 35.5. The summed E-state index contributed by atoms with van der Waals surface area (Å²) < 4.78 is 0. The first-order valence-corrected chi connectivity index (χ1v) is 8.28. The van der Waals surface area contributed by atoms with Crippen LogP contribution in [0.15, 0.2) is 54.7 Å². The van der Waals surface area contributed by atoms with E-state index in [1.807, 2.05) is 48.5 Å². The van der Waals surface area contributed by atoms with Crippen LogP contribution in [0.3, 0.4) is 0 Å². The highest BCUT2D eigenvalue weighted by molar-refractivity contribution is 6.30. The van der Waals surface area contributed by atoms with Crippen molar-refractivity contribution >= 4 is 17.5 Å². The number of aryl methyl sites for hydroxylation is 1. The van der Waals surface area contributed by atoms with E-state index in [9.17, 15) is 4.79 Å². The topological polar surface area (TPSA) is 57.8 Å². The van der Waals surface area contributed by atoms with Crippen molar-refractivity contribution in [2.24, 2.45) is 0 Å². The number of nitrogens with one attached hydrogen (secondary N) is 2. The van der Waals surface area contributed by atoms with Crippen LogP contribution in [0.5, 0.6) is 0 Å². The van der Waals surface area contributed by atoms with E-state index in [2.05, 4.69) is 15.5 Å². The molecule has 4 rings (SSSR count). The van der Waals surface area contributed by atoms with Gasteiger partial charge in [0, 0.05) is 10.6 Å². The number of aromatic amines is 1. The van der Waals surface area contributed by atoms with Gasteiger partial charge in [-0.2, -0.15) is 5.10 Å². The maximum absolute atomic E-state index is 12.7. The Kier molecular flexibility index (Phi) is 3.82. The molecule has 2 N–H and O–H groups in total. The van der Waals surface area contributed by atoms with Crippen LogP contribution in [0, 0.1) is 0 Å². The third-order valence-corrected chi connectivity index (χ3v) is 4.67. The summed E-state index contributed by atoms with van der Waals surface area (Å²) in [5.41, 5.74) is 4.60. The van der Waals surface area contributed by atoms with Gasteiger partial charge in [0.05, 0.1) is 23.5 Å². The summed E-state index contributed by atoms with van der Waals surface area (Å²) >= 11 is 6.05. The van der Waals surface area contributed by atoms with Crippen molar-refractivity contribution in [2.45, 2.75) is 18.9 Å². The molecule has 4 nitrogen and oxygen atoms in total. The molecule has 1 amide bonds. The van der Waals surface area contributed by atoms with E-state index in [1.165, 1.54) is 5.56 Å². The predicted octanol–water partition coefficient (Wildman–Crippen LogP) is 4.15. The third-order valence-electron chi connectivity index (χ3n) is 4.43. The van der Waals surface area contributed by atoms with Gasteiger partial charge in [-0.15, -0.1) is 0 Å². The minimum Gasteiger partial charge on any atom is -0.345 e. The van der Waals surface area contributed by atoms with Crippen molar-refractivity contribution in [3.05, 3.63) is 76.4 Å². The van der Waals surface area contributed by atoms with Crippen LogP contribution < -0.4 is 5.32 Å². The Morgan fingerprint density at radius 2 is 2.04 bits per heavy atom. The standard InChI is InChI=1S/C19H16ClN3O/c20-14-7-8-15-13(10-14)6-9-17(15)22-19(24)16-11-21-23-18(16)12-4-2-1-3-5-12/h1-5,7-8,10-11,17H,6,9H2,(H,21,23)(H,22,24). The SMILES string of the molecule is O=C(NC1CCc2cc(Cl)ccc21)c1cn[nH]c1-c1ccccc1. The summed E-state index contributed by atoms with van der Waals surface area (Å²) in [6, 6.07) is 15.6. The normalized spacial score (nSPS) is 16.0. The molecule has 120 valence electrons. The Bertz CT molecular complexity index is 889. The molecule has 1 unspecified atom stereocenters. The van der Waals surface area contributed by atoms with Gasteiger partial charge in [0.2, 0.25) is 0 Å². The number of fused-ring (bicyclic) bond motifs is 1. The first kappa shape index (κ1) is 15.0. The number of aromatic nitrogens is 2. The van der Waals surface area contributed by atoms with Crippen LogP contribution in [0.25, 0.3) is 11.3 Å². The molecule has 0 saturated carbocycles. The lowest BCUT2D eigenvalue weighted by Gasteiger charge is -2.14. The van der Waals surface area contributed by atoms with E-state index in [4.69, 9.17) is 11.6 Å². The molecule has 1 aliphatic rings. The van der Waals surface area contributed by atoms with E-state index in [1.54, 1.807) is 6.20 Å². The molecular weight excluding hydrogens is 322 g/mol. The highest BCUT2D eigenvalue weighted by Gasteiger charge is 2.25. The number of benzene rings is 2. The Labute approximate surface area is 144 Å². The molecule has 3 aromatic rings. The van der Waals surface area contributed by atoms with Crippen molar-refractivity contribution in [3.8, 4) is 11.3 Å². The average molecular weight is 338 g/mol. The fourth-order valence-corrected chi connectivity index (χ4v) is 3.45. The summed E-state index contributed by atoms with van der Waals surface area (Å²) in [5, 5.41) is 10.8. The van der Waals surface area contributed by atoms with Crippen LogP contribution >= 0.6 is 11.6 Å². The molecular formula is C19H16ClN3O. The lowest BCUT2D eigenvalue weighted by atomic mass is 10.1. The van der Waals surface area contributed by atoms with Crippen molar-refractivity contribution in [1.29, 1.82) is 0 Å². The first-order valence-electron chi connectivity index (χ1n) is 7.90. The second kappa shape index (κ2) is 6.13. The van der Waals surface area contributed by atoms with Gasteiger partial charge in [0.1, 0.15) is 0 Å². The van der Waals surface area contributed by atoms with Gasteiger partial charge in [-0.05, 0) is 36.1 Å². The number of halogens is 1. The van der Waals surface area contributed by atoms with E-state index < -0.39 is 0 Å². The van der Waals surface area contributed by atoms with E-state index in [0.717, 1.165) is 34.7 Å². The second-order valence-corrected chi connectivity index (χ2v) is 6.37. The smallest absolute Gasteiger partial charge is 0.255 e. The second-order valence-electron chi connectivity index (χ2n) is 5.93. The van der Waals surface area contributed by atoms with Gasteiger partial charge in [0.15, 0.2) is 0 Å². The number of carbonyl (C=O) groups is 1. The maximum Gasteiger partial charge on any atom is 0.255 e. The molecule has 1 aliphatic carbocycles. The fraction of sp³-hybridized carbons (Fsp3) is 0.158. The molecule has 24 heavy (non-hydrogen) atoms. The van der Waals surface area contributed by atoms with Crippen molar-refractivity contribution < 1.29 is 4.79 Å². The number of nitrogens with zero attached hydrogens (tertiary/aromatic N) is 1. The van der Waals surface area contributed by atoms with E-state index in [-0.39, 0.29) is 11.9 Å². The average Bonchev–Trinajstić information content (AvgIpc) is 3.23. The van der Waals surface area contributed by atoms with Crippen LogP contribution in [0.2, 0.25) is 5.02 Å². The fourth-order valence-electron chi connectivity index (χ4n) is 3.26. The Morgan fingerprint density at radius 1 is 1.21 bits per heavy atom. The molecule has 2 aromatic carbocycles. The summed E-state index contributed by atoms with van der Waals surface area (Å²) in [7, 11) is 0. The summed E-state index contributed by atoms with van der Waals surface area (Å²) in [6.07, 6.45) is 3.40. The molecule has 1 heterocycles. The number of amides is 1. The van der Waals surface area contributed by atoms with Crippen LogP contribution in [0.1, 0.15) is 33.9 Å². The van der Waals surface area contributed by atoms with Gasteiger partial charge in [-0.25, -0.2) is 0 Å². The Hall–Kier alpha value is -2.59. The zero-order valence-corrected chi connectivity index (χ0v) is 13.7. The Morgan fingerprint density at radius 3 is 2.88 bits per heavy atom. The van der Waals surface area contributed by atoms with Gasteiger partial charge >= 0.3 is 0 Å². The number of rotatable bonds is 3. The van der Waals surface area contributed by atoms with Crippen LogP contribution in [-0.4, -0.2) is 16.1 Å². The lowest BCUT2D eigenvalue weighted by Crippen LogP contribution is -2.27. The predicted molar refractivity (Wildman–Crippen MR) is 94.0 cm³/mol. The molecule has 0 aliphatic heterocycles. The zero-order valence-electron chi connectivity index (χ0n) is 12.9. The molecule has 0 fully saturated rings. The minimum atomic E-state index is -0.115. The number of hydrogen-bond donors (Lipinski definition) is 2. The molecule has 0 saturated heterocycles. The molecule has 0 bridgehead atoms. The lowest BCUT2D eigenvalue weighted by molar-refractivity contribution is 0.0937. The third kappa shape index (κ3) is 2.69. The van der Waals surface area contributed by atoms with Crippen LogP contribution in [0.4, 0.5) is 0 Å². The van der Waals surface area contributed by atoms with Gasteiger partial charge < -0.3 is 5.32 Å². The first-order chi connectivity index (χ1) is 11.7. The zero-order chi connectivity index (χ0) is 16.5. The Balaban J connectivity index is 1.58. The summed E-state index contributed by atoms with van der Waals surface area (Å²) in [4.78, 5) is 12.7. The monoisotopic (exact) mass is 337 g/mol. The van der Waals surface area contributed by atoms with Crippen LogP contribution in [-0.2, 0) is 6.42 Å². The van der Waals surface area contributed by atoms with Crippen molar-refractivity contribution in [3.63, 3.8) is 0 Å². The van der Waals surface area contributed by atoms with Crippen molar-refractivity contribution in [1.82, 2.24) is 15.5 Å². The van der Waals surface area contributed by atoms with Gasteiger partial charge in [0.25, 0.3) is 5.91 Å². The molecule has 1 aromatic heterocycles. The number of carbonyl (C=O) groups excluding carboxylic acids is 1. The molecule has 5 heteroatoms. The van der Waals surface area contributed by atoms with Gasteiger partial charge in [-0.1, -0.05) is 48.0 Å². The number of hydrogen-bond acceptors (Lipinski definition) is 2.